The highest BCUT2D eigenvalue weighted by Crippen LogP contribution is 2.65. The number of benzene rings is 1. The summed E-state index contributed by atoms with van der Waals surface area (Å²) < 4.78 is 6.73. The molecule has 21 heavy (non-hydrogen) atoms. The van der Waals surface area contributed by atoms with E-state index in [0.29, 0.717) is 16.6 Å². The fraction of sp³-hybridized carbons (Fsp3) is 0.684. The monoisotopic (exact) mass is 302 g/mol. The molecule has 0 radical (unpaired) electrons. The van der Waals surface area contributed by atoms with Gasteiger partial charge in [-0.1, -0.05) is 50.6 Å². The van der Waals surface area contributed by atoms with Crippen LogP contribution in [0.4, 0.5) is 0 Å². The van der Waals surface area contributed by atoms with Gasteiger partial charge in [-0.25, -0.2) is 0 Å². The van der Waals surface area contributed by atoms with Gasteiger partial charge in [-0.05, 0) is 55.8 Å². The highest BCUT2D eigenvalue weighted by molar-refractivity contribution is 6.74. The fourth-order valence-corrected chi connectivity index (χ4v) is 5.23. The number of fused-ring (bicyclic) bond motifs is 1. The van der Waals surface area contributed by atoms with Crippen LogP contribution >= 0.6 is 0 Å². The molecule has 0 amide bonds. The molecule has 1 nitrogen and oxygen atoms in total. The highest BCUT2D eigenvalue weighted by Gasteiger charge is 2.63. The van der Waals surface area contributed by atoms with Crippen LogP contribution in [0.25, 0.3) is 0 Å². The summed E-state index contributed by atoms with van der Waals surface area (Å²) >= 11 is 0. The lowest BCUT2D eigenvalue weighted by Gasteiger charge is -2.38. The lowest BCUT2D eigenvalue weighted by atomic mass is 9.92. The Hall–Kier alpha value is -0.603. The standard InChI is InChI=1S/C19H30OSi/c1-14-8-7-9-15(12-14)19-11-10-17(16(19)13-19)20-21(5,6)18(2,3)4/h7-9,12,16-17H,10-11,13H2,1-6H3/t16-,17?,19-/m1/s1. The fourth-order valence-electron chi connectivity index (χ4n) is 3.84. The van der Waals surface area contributed by atoms with Gasteiger partial charge in [-0.2, -0.15) is 0 Å². The van der Waals surface area contributed by atoms with Gasteiger partial charge in [0.1, 0.15) is 0 Å². The van der Waals surface area contributed by atoms with Crippen molar-refractivity contribution in [3.63, 3.8) is 0 Å². The maximum atomic E-state index is 6.73. The van der Waals surface area contributed by atoms with E-state index in [4.69, 9.17) is 4.43 Å². The molecule has 2 aliphatic carbocycles. The van der Waals surface area contributed by atoms with E-state index < -0.39 is 8.32 Å². The third kappa shape index (κ3) is 2.51. The van der Waals surface area contributed by atoms with Crippen molar-refractivity contribution in [2.45, 2.75) is 76.6 Å². The first-order valence-corrected chi connectivity index (χ1v) is 11.3. The molecule has 0 aromatic heterocycles. The molecule has 0 bridgehead atoms. The lowest BCUT2D eigenvalue weighted by Crippen LogP contribution is -2.44. The first kappa shape index (κ1) is 15.3. The second kappa shape index (κ2) is 4.69. The molecule has 3 atom stereocenters. The van der Waals surface area contributed by atoms with Crippen LogP contribution in [0.5, 0.6) is 0 Å². The molecule has 2 aliphatic rings. The van der Waals surface area contributed by atoms with Crippen LogP contribution in [0.3, 0.4) is 0 Å². The largest absolute Gasteiger partial charge is 0.414 e. The molecule has 0 N–H and O–H groups in total. The molecule has 0 spiro atoms. The Kier molecular flexibility index (Phi) is 3.42. The summed E-state index contributed by atoms with van der Waals surface area (Å²) in [5, 5.41) is 0.316. The molecular formula is C19H30OSi. The molecule has 0 saturated heterocycles. The van der Waals surface area contributed by atoms with E-state index in [2.05, 4.69) is 65.1 Å². The molecule has 1 aromatic carbocycles. The average molecular weight is 303 g/mol. The molecule has 1 unspecified atom stereocenters. The van der Waals surface area contributed by atoms with E-state index in [-0.39, 0.29) is 0 Å². The molecular weight excluding hydrogens is 272 g/mol. The first-order valence-electron chi connectivity index (χ1n) is 8.41. The minimum Gasteiger partial charge on any atom is -0.414 e. The summed E-state index contributed by atoms with van der Waals surface area (Å²) in [6.07, 6.45) is 4.42. The number of aryl methyl sites for hydroxylation is 1. The zero-order chi connectivity index (χ0) is 15.5. The van der Waals surface area contributed by atoms with Crippen LogP contribution in [0.15, 0.2) is 24.3 Å². The Morgan fingerprint density at radius 3 is 2.52 bits per heavy atom. The zero-order valence-corrected chi connectivity index (χ0v) is 15.5. The number of hydrogen-bond donors (Lipinski definition) is 0. The van der Waals surface area contributed by atoms with Gasteiger partial charge in [0.25, 0.3) is 0 Å². The molecule has 2 heteroatoms. The quantitative estimate of drug-likeness (QED) is 0.676. The molecule has 116 valence electrons. The molecule has 0 heterocycles. The van der Waals surface area contributed by atoms with Crippen molar-refractivity contribution in [3.05, 3.63) is 35.4 Å². The summed E-state index contributed by atoms with van der Waals surface area (Å²) in [5.41, 5.74) is 3.41. The Labute approximate surface area is 131 Å². The van der Waals surface area contributed by atoms with Gasteiger partial charge in [0.2, 0.25) is 0 Å². The normalized spacial score (nSPS) is 32.1. The first-order chi connectivity index (χ1) is 9.66. The molecule has 0 aliphatic heterocycles. The zero-order valence-electron chi connectivity index (χ0n) is 14.5. The van der Waals surface area contributed by atoms with E-state index >= 15 is 0 Å². The van der Waals surface area contributed by atoms with Crippen molar-refractivity contribution in [1.82, 2.24) is 0 Å². The van der Waals surface area contributed by atoms with Gasteiger partial charge in [-0.3, -0.25) is 0 Å². The van der Waals surface area contributed by atoms with Crippen LogP contribution in [-0.4, -0.2) is 14.4 Å². The van der Waals surface area contributed by atoms with Crippen molar-refractivity contribution in [2.75, 3.05) is 0 Å². The van der Waals surface area contributed by atoms with Gasteiger partial charge >= 0.3 is 0 Å². The van der Waals surface area contributed by atoms with Crippen molar-refractivity contribution in [3.8, 4) is 0 Å². The molecule has 1 aromatic rings. The number of rotatable bonds is 3. The SMILES string of the molecule is Cc1cccc([C@]23CCC(O[Si](C)(C)C(C)(C)C)[C@H]2C3)c1. The van der Waals surface area contributed by atoms with Gasteiger partial charge in [-0.15, -0.1) is 0 Å². The Balaban J connectivity index is 1.75. The van der Waals surface area contributed by atoms with Gasteiger partial charge in [0.15, 0.2) is 8.32 Å². The topological polar surface area (TPSA) is 9.23 Å². The van der Waals surface area contributed by atoms with E-state index in [9.17, 15) is 0 Å². The molecule has 3 rings (SSSR count). The number of hydrogen-bond acceptors (Lipinski definition) is 1. The third-order valence-corrected chi connectivity index (χ3v) is 10.8. The molecule has 2 saturated carbocycles. The maximum absolute atomic E-state index is 6.73. The Morgan fingerprint density at radius 2 is 1.95 bits per heavy atom. The van der Waals surface area contributed by atoms with Crippen LogP contribution in [0.1, 0.15) is 51.2 Å². The van der Waals surface area contributed by atoms with Gasteiger partial charge in [0.05, 0.1) is 0 Å². The van der Waals surface area contributed by atoms with E-state index in [0.717, 1.165) is 5.92 Å². The van der Waals surface area contributed by atoms with Crippen LogP contribution in [-0.2, 0) is 9.84 Å². The van der Waals surface area contributed by atoms with Gasteiger partial charge < -0.3 is 4.43 Å². The van der Waals surface area contributed by atoms with Crippen LogP contribution < -0.4 is 0 Å². The Morgan fingerprint density at radius 1 is 1.24 bits per heavy atom. The second-order valence-corrected chi connectivity index (χ2v) is 13.5. The van der Waals surface area contributed by atoms with E-state index in [1.165, 1.54) is 24.8 Å². The van der Waals surface area contributed by atoms with E-state index in [1.807, 2.05) is 0 Å². The minimum absolute atomic E-state index is 0.316. The highest BCUT2D eigenvalue weighted by atomic mass is 28.4. The summed E-state index contributed by atoms with van der Waals surface area (Å²) in [6, 6.07) is 9.16. The van der Waals surface area contributed by atoms with E-state index in [1.54, 1.807) is 5.56 Å². The van der Waals surface area contributed by atoms with Crippen molar-refractivity contribution >= 4 is 8.32 Å². The van der Waals surface area contributed by atoms with Crippen LogP contribution in [0, 0.1) is 12.8 Å². The predicted octanol–water partition coefficient (Wildman–Crippen LogP) is 5.44. The lowest BCUT2D eigenvalue weighted by molar-refractivity contribution is 0.165. The Bertz CT molecular complexity index is 543. The second-order valence-electron chi connectivity index (χ2n) is 8.79. The van der Waals surface area contributed by atoms with Crippen molar-refractivity contribution in [2.24, 2.45) is 5.92 Å². The summed E-state index contributed by atoms with van der Waals surface area (Å²) in [6.45, 7) is 14.0. The summed E-state index contributed by atoms with van der Waals surface area (Å²) in [4.78, 5) is 0. The predicted molar refractivity (Wildman–Crippen MR) is 92.3 cm³/mol. The summed E-state index contributed by atoms with van der Waals surface area (Å²) in [5.74, 6) is 0.772. The van der Waals surface area contributed by atoms with Crippen molar-refractivity contribution in [1.29, 1.82) is 0 Å². The van der Waals surface area contributed by atoms with Crippen LogP contribution in [0.2, 0.25) is 18.1 Å². The third-order valence-electron chi connectivity index (χ3n) is 6.30. The maximum Gasteiger partial charge on any atom is 0.192 e. The van der Waals surface area contributed by atoms with Gasteiger partial charge in [0, 0.05) is 11.5 Å². The molecule has 2 fully saturated rings. The minimum atomic E-state index is -1.63. The summed E-state index contributed by atoms with van der Waals surface area (Å²) in [7, 11) is -1.63. The average Bonchev–Trinajstić information content (AvgIpc) is 3.01. The smallest absolute Gasteiger partial charge is 0.192 e. The van der Waals surface area contributed by atoms with Crippen molar-refractivity contribution < 1.29 is 4.43 Å².